The first-order chi connectivity index (χ1) is 13.9. The summed E-state index contributed by atoms with van der Waals surface area (Å²) in [7, 11) is 0. The van der Waals surface area contributed by atoms with E-state index in [0.29, 0.717) is 23.0 Å². The third-order valence-corrected chi connectivity index (χ3v) is 4.44. The Morgan fingerprint density at radius 3 is 2.55 bits per heavy atom. The van der Waals surface area contributed by atoms with E-state index in [9.17, 15) is 9.90 Å². The van der Waals surface area contributed by atoms with E-state index in [4.69, 9.17) is 28.3 Å². The Labute approximate surface area is 176 Å². The Kier molecular flexibility index (Phi) is 6.60. The van der Waals surface area contributed by atoms with Crippen LogP contribution < -0.4 is 10.6 Å². The minimum Gasteiger partial charge on any atom is -0.393 e. The molecule has 4 N–H and O–H groups in total. The monoisotopic (exact) mass is 433 g/mol. The van der Waals surface area contributed by atoms with Gasteiger partial charge in [0, 0.05) is 29.7 Å². The van der Waals surface area contributed by atoms with Crippen molar-refractivity contribution in [3.63, 3.8) is 0 Å². The molecule has 0 spiro atoms. The summed E-state index contributed by atoms with van der Waals surface area (Å²) < 4.78 is 0. The number of rotatable bonds is 6. The molecule has 0 saturated carbocycles. The van der Waals surface area contributed by atoms with E-state index in [1.54, 1.807) is 43.3 Å². The quantitative estimate of drug-likeness (QED) is 0.469. The van der Waals surface area contributed by atoms with Crippen LogP contribution in [0.5, 0.6) is 0 Å². The predicted octanol–water partition coefficient (Wildman–Crippen LogP) is 3.51. The van der Waals surface area contributed by atoms with E-state index in [2.05, 4.69) is 25.6 Å². The van der Waals surface area contributed by atoms with Gasteiger partial charge in [-0.05, 0) is 25.1 Å². The van der Waals surface area contributed by atoms with Crippen LogP contribution in [0, 0.1) is 6.92 Å². The van der Waals surface area contributed by atoms with E-state index in [-0.39, 0.29) is 21.4 Å². The number of anilines is 3. The van der Waals surface area contributed by atoms with Gasteiger partial charge in [-0.2, -0.15) is 0 Å². The molecule has 1 unspecified atom stereocenters. The van der Waals surface area contributed by atoms with Gasteiger partial charge in [-0.25, -0.2) is 15.0 Å². The molecule has 8 nitrogen and oxygen atoms in total. The summed E-state index contributed by atoms with van der Waals surface area (Å²) in [4.78, 5) is 25.0. The number of pyridine rings is 1. The summed E-state index contributed by atoms with van der Waals surface area (Å²) >= 11 is 12.1. The number of halogens is 2. The number of aliphatic hydroxyl groups excluding tert-OH is 2. The minimum atomic E-state index is -1.19. The molecule has 0 saturated heterocycles. The Morgan fingerprint density at radius 1 is 1.14 bits per heavy atom. The topological polar surface area (TPSA) is 120 Å². The first-order valence-electron chi connectivity index (χ1n) is 8.50. The number of nitrogens with one attached hydrogen (secondary N) is 2. The number of benzene rings is 1. The number of carbonyl (C=O) groups is 1. The van der Waals surface area contributed by atoms with Crippen molar-refractivity contribution in [2.45, 2.75) is 13.0 Å². The third-order valence-electron chi connectivity index (χ3n) is 3.81. The highest BCUT2D eigenvalue weighted by Gasteiger charge is 2.15. The van der Waals surface area contributed by atoms with Crippen molar-refractivity contribution in [2.24, 2.45) is 0 Å². The highest BCUT2D eigenvalue weighted by Crippen LogP contribution is 2.26. The molecule has 0 aliphatic heterocycles. The normalized spacial score (nSPS) is 11.8. The average molecular weight is 434 g/mol. The van der Waals surface area contributed by atoms with Crippen LogP contribution >= 0.6 is 23.2 Å². The van der Waals surface area contributed by atoms with E-state index in [1.165, 1.54) is 6.20 Å². The lowest BCUT2D eigenvalue weighted by molar-refractivity contribution is 0.0886. The Morgan fingerprint density at radius 2 is 1.86 bits per heavy atom. The average Bonchev–Trinajstić information content (AvgIpc) is 2.67. The van der Waals surface area contributed by atoms with E-state index >= 15 is 0 Å². The molecule has 3 rings (SSSR count). The van der Waals surface area contributed by atoms with Crippen molar-refractivity contribution in [3.05, 3.63) is 69.7 Å². The molecule has 0 aliphatic carbocycles. The molecule has 1 amide bonds. The molecular formula is C19H17Cl2N5O3. The maximum Gasteiger partial charge on any atom is 0.258 e. The second-order valence-electron chi connectivity index (χ2n) is 6.06. The largest absolute Gasteiger partial charge is 0.393 e. The summed E-state index contributed by atoms with van der Waals surface area (Å²) in [5.74, 6) is 0.414. The lowest BCUT2D eigenvalue weighted by Crippen LogP contribution is -2.13. The van der Waals surface area contributed by atoms with Gasteiger partial charge in [0.15, 0.2) is 5.82 Å². The molecule has 3 aromatic rings. The summed E-state index contributed by atoms with van der Waals surface area (Å²) in [6.45, 7) is 1.24. The zero-order chi connectivity index (χ0) is 21.0. The number of amides is 1. The summed E-state index contributed by atoms with van der Waals surface area (Å²) in [6.07, 6.45) is 0.318. The molecule has 2 heterocycles. The van der Waals surface area contributed by atoms with Gasteiger partial charge in [-0.3, -0.25) is 4.79 Å². The van der Waals surface area contributed by atoms with Gasteiger partial charge in [0.1, 0.15) is 17.7 Å². The smallest absolute Gasteiger partial charge is 0.258 e. The third kappa shape index (κ3) is 5.18. The molecule has 1 atom stereocenters. The molecule has 29 heavy (non-hydrogen) atoms. The maximum absolute atomic E-state index is 12.5. The lowest BCUT2D eigenvalue weighted by atomic mass is 10.2. The first kappa shape index (κ1) is 20.9. The second-order valence-corrected chi connectivity index (χ2v) is 6.87. The molecule has 150 valence electrons. The van der Waals surface area contributed by atoms with Gasteiger partial charge in [-0.15, -0.1) is 0 Å². The van der Waals surface area contributed by atoms with Gasteiger partial charge in [-0.1, -0.05) is 29.3 Å². The first-order valence-corrected chi connectivity index (χ1v) is 9.26. The Hall–Kier alpha value is -2.78. The molecule has 0 radical (unpaired) electrons. The van der Waals surface area contributed by atoms with Crippen LogP contribution in [0.25, 0.3) is 0 Å². The highest BCUT2D eigenvalue weighted by atomic mass is 35.5. The molecular weight excluding hydrogens is 417 g/mol. The van der Waals surface area contributed by atoms with Crippen molar-refractivity contribution in [2.75, 3.05) is 17.2 Å². The fourth-order valence-corrected chi connectivity index (χ4v) is 3.07. The Balaban J connectivity index is 1.80. The van der Waals surface area contributed by atoms with E-state index in [1.807, 2.05) is 0 Å². The van der Waals surface area contributed by atoms with Gasteiger partial charge < -0.3 is 20.8 Å². The van der Waals surface area contributed by atoms with Gasteiger partial charge in [0.25, 0.3) is 5.91 Å². The zero-order valence-electron chi connectivity index (χ0n) is 15.2. The lowest BCUT2D eigenvalue weighted by Gasteiger charge is -2.12. The van der Waals surface area contributed by atoms with Crippen molar-refractivity contribution in [1.29, 1.82) is 0 Å². The maximum atomic E-state index is 12.5. The van der Waals surface area contributed by atoms with Gasteiger partial charge in [0.05, 0.1) is 22.2 Å². The molecule has 2 aromatic heterocycles. The van der Waals surface area contributed by atoms with Crippen LogP contribution in [0.1, 0.15) is 28.0 Å². The molecule has 0 fully saturated rings. The number of aryl methyl sites for hydroxylation is 1. The van der Waals surface area contributed by atoms with E-state index < -0.39 is 18.6 Å². The Bertz CT molecular complexity index is 1030. The van der Waals surface area contributed by atoms with Gasteiger partial charge in [0.2, 0.25) is 0 Å². The molecule has 0 aliphatic rings. The van der Waals surface area contributed by atoms with Crippen LogP contribution in [0.3, 0.4) is 0 Å². The fraction of sp³-hybridized carbons (Fsp3) is 0.158. The number of hydrogen-bond donors (Lipinski definition) is 4. The standard InChI is InChI=1S/C19H17Cl2N5O3/c1-10-7-16(26-18(23-10)14(28)9-27)25-15-8-11(5-6-22-15)24-19(29)17-12(20)3-2-4-13(17)21/h2-8,14,27-28H,9H2,1H3,(H2,22,23,24,25,26,29). The number of hydrogen-bond acceptors (Lipinski definition) is 7. The van der Waals surface area contributed by atoms with Crippen molar-refractivity contribution >= 4 is 46.4 Å². The van der Waals surface area contributed by atoms with Crippen LogP contribution in [0.15, 0.2) is 42.6 Å². The van der Waals surface area contributed by atoms with Crippen LogP contribution in [0.2, 0.25) is 10.0 Å². The van der Waals surface area contributed by atoms with Crippen molar-refractivity contribution < 1.29 is 15.0 Å². The summed E-state index contributed by atoms with van der Waals surface area (Å²) in [5.41, 5.74) is 1.24. The van der Waals surface area contributed by atoms with Crippen LogP contribution in [0.4, 0.5) is 17.3 Å². The minimum absolute atomic E-state index is 0.0906. The molecule has 0 bridgehead atoms. The van der Waals surface area contributed by atoms with Crippen LogP contribution in [-0.2, 0) is 0 Å². The van der Waals surface area contributed by atoms with E-state index in [0.717, 1.165) is 0 Å². The summed E-state index contributed by atoms with van der Waals surface area (Å²) in [6, 6.07) is 9.68. The predicted molar refractivity (Wildman–Crippen MR) is 111 cm³/mol. The number of nitrogens with zero attached hydrogens (tertiary/aromatic N) is 3. The second kappa shape index (κ2) is 9.15. The van der Waals surface area contributed by atoms with Crippen molar-refractivity contribution in [3.8, 4) is 0 Å². The molecule has 1 aromatic carbocycles. The number of aromatic nitrogens is 3. The number of carbonyl (C=O) groups excluding carboxylic acids is 1. The van der Waals surface area contributed by atoms with Gasteiger partial charge >= 0.3 is 0 Å². The summed E-state index contributed by atoms with van der Waals surface area (Å²) in [5, 5.41) is 25.0. The SMILES string of the molecule is Cc1cc(Nc2cc(NC(=O)c3c(Cl)cccc3Cl)ccn2)nc(C(O)CO)n1. The molecule has 10 heteroatoms. The van der Waals surface area contributed by atoms with Crippen molar-refractivity contribution in [1.82, 2.24) is 15.0 Å². The fourth-order valence-electron chi connectivity index (χ4n) is 2.50. The zero-order valence-corrected chi connectivity index (χ0v) is 16.7. The number of aliphatic hydroxyl groups is 2. The van der Waals surface area contributed by atoms with Crippen LogP contribution in [-0.4, -0.2) is 37.7 Å². The highest BCUT2D eigenvalue weighted by molar-refractivity contribution is 6.40.